The second kappa shape index (κ2) is 9.27. The van der Waals surface area contributed by atoms with E-state index in [0.29, 0.717) is 29.0 Å². The minimum absolute atomic E-state index is 0.0250. The fourth-order valence-electron chi connectivity index (χ4n) is 4.28. The van der Waals surface area contributed by atoms with E-state index < -0.39 is 0 Å². The average Bonchev–Trinajstić information content (AvgIpc) is 3.14. The highest BCUT2D eigenvalue weighted by Crippen LogP contribution is 2.42. The lowest BCUT2D eigenvalue weighted by atomic mass is 9.86. The normalized spacial score (nSPS) is 21.2. The molecule has 1 saturated heterocycles. The van der Waals surface area contributed by atoms with Crippen molar-refractivity contribution in [3.05, 3.63) is 58.6 Å². The summed E-state index contributed by atoms with van der Waals surface area (Å²) in [7, 11) is 0. The van der Waals surface area contributed by atoms with Gasteiger partial charge in [-0.2, -0.15) is 5.10 Å². The first-order valence-electron chi connectivity index (χ1n) is 10.8. The molecule has 2 aliphatic rings. The molecule has 0 amide bonds. The van der Waals surface area contributed by atoms with Gasteiger partial charge in [-0.3, -0.25) is 4.90 Å². The number of nitrogens with one attached hydrogen (secondary N) is 1. The molecule has 2 atom stereocenters. The maximum atomic E-state index is 6.62. The summed E-state index contributed by atoms with van der Waals surface area (Å²) in [4.78, 5) is 2.51. The second-order valence-electron chi connectivity index (χ2n) is 8.22. The van der Waals surface area contributed by atoms with Crippen molar-refractivity contribution in [2.75, 3.05) is 19.7 Å². The van der Waals surface area contributed by atoms with Crippen LogP contribution in [0, 0.1) is 5.92 Å². The molecule has 30 heavy (non-hydrogen) atoms. The Morgan fingerprint density at radius 3 is 2.77 bits per heavy atom. The molecule has 1 N–H and O–H groups in total. The molecule has 160 valence electrons. The maximum Gasteiger partial charge on any atom is 0.180 e. The highest BCUT2D eigenvalue weighted by atomic mass is 35.5. The third-order valence-corrected chi connectivity index (χ3v) is 5.89. The van der Waals surface area contributed by atoms with E-state index in [-0.39, 0.29) is 12.1 Å². The Labute approximate surface area is 184 Å². The lowest BCUT2D eigenvalue weighted by Crippen LogP contribution is -2.41. The van der Waals surface area contributed by atoms with Crippen LogP contribution in [-0.4, -0.2) is 36.4 Å². The fraction of sp³-hybridized carbons (Fsp3) is 0.458. The lowest BCUT2D eigenvalue weighted by molar-refractivity contribution is 0.218. The molecule has 2 aliphatic heterocycles. The summed E-state index contributed by atoms with van der Waals surface area (Å²) in [6.45, 7) is 9.47. The van der Waals surface area contributed by atoms with Crippen LogP contribution in [-0.2, 0) is 6.54 Å². The van der Waals surface area contributed by atoms with Crippen LogP contribution in [0.25, 0.3) is 0 Å². The first-order valence-corrected chi connectivity index (χ1v) is 11.1. The van der Waals surface area contributed by atoms with Gasteiger partial charge in [0.1, 0.15) is 0 Å². The van der Waals surface area contributed by atoms with Crippen molar-refractivity contribution in [2.24, 2.45) is 11.0 Å². The number of piperidine rings is 1. The Morgan fingerprint density at radius 2 is 2.03 bits per heavy atom. The van der Waals surface area contributed by atoms with Gasteiger partial charge in [-0.05, 0) is 44.0 Å². The van der Waals surface area contributed by atoms with Gasteiger partial charge in [0.15, 0.2) is 11.5 Å². The van der Waals surface area contributed by atoms with Crippen molar-refractivity contribution < 1.29 is 9.47 Å². The number of rotatable bonds is 7. The van der Waals surface area contributed by atoms with E-state index in [2.05, 4.69) is 51.8 Å². The van der Waals surface area contributed by atoms with Crippen molar-refractivity contribution in [3.8, 4) is 11.5 Å². The Balaban J connectivity index is 1.55. The lowest BCUT2D eigenvalue weighted by Gasteiger charge is -2.34. The van der Waals surface area contributed by atoms with E-state index in [1.54, 1.807) is 0 Å². The Hall–Kier alpha value is -2.24. The molecule has 0 saturated carbocycles. The number of nitrogens with zero attached hydrogens (tertiary/aromatic N) is 2. The van der Waals surface area contributed by atoms with Crippen molar-refractivity contribution in [1.82, 2.24) is 10.3 Å². The fourth-order valence-corrected chi connectivity index (χ4v) is 4.55. The van der Waals surface area contributed by atoms with Crippen LogP contribution in [0.15, 0.2) is 47.6 Å². The molecule has 0 radical (unpaired) electrons. The summed E-state index contributed by atoms with van der Waals surface area (Å²) in [5, 5.41) is 5.24. The summed E-state index contributed by atoms with van der Waals surface area (Å²) < 4.78 is 11.8. The molecule has 0 bridgehead atoms. The number of hydrazone groups is 1. The van der Waals surface area contributed by atoms with Gasteiger partial charge in [-0.15, -0.1) is 0 Å². The zero-order valence-corrected chi connectivity index (χ0v) is 18.7. The molecule has 6 heteroatoms. The molecule has 1 fully saturated rings. The van der Waals surface area contributed by atoms with Crippen LogP contribution in [0.1, 0.15) is 44.4 Å². The van der Waals surface area contributed by atoms with Gasteiger partial charge in [0, 0.05) is 37.7 Å². The molecular weight excluding hydrogens is 398 g/mol. The zero-order valence-electron chi connectivity index (χ0n) is 17.9. The second-order valence-corrected chi connectivity index (χ2v) is 8.62. The Bertz CT molecular complexity index is 901. The number of ether oxygens (including phenoxy) is 2. The highest BCUT2D eigenvalue weighted by Gasteiger charge is 2.37. The SMILES string of the molecule is CCOc1cc(C2NN=C3CCN(Cc4ccccc4)CC32)cc(Cl)c1OC(C)C. The van der Waals surface area contributed by atoms with Crippen LogP contribution < -0.4 is 14.9 Å². The van der Waals surface area contributed by atoms with Gasteiger partial charge in [-0.1, -0.05) is 41.9 Å². The van der Waals surface area contributed by atoms with Gasteiger partial charge in [0.25, 0.3) is 0 Å². The largest absolute Gasteiger partial charge is 0.490 e. The van der Waals surface area contributed by atoms with Crippen LogP contribution in [0.5, 0.6) is 11.5 Å². The first kappa shape index (κ1) is 21.0. The average molecular weight is 428 g/mol. The quantitative estimate of drug-likeness (QED) is 0.671. The van der Waals surface area contributed by atoms with Crippen molar-refractivity contribution >= 4 is 17.3 Å². The van der Waals surface area contributed by atoms with Gasteiger partial charge >= 0.3 is 0 Å². The molecule has 2 heterocycles. The molecule has 5 nitrogen and oxygen atoms in total. The molecular formula is C24H30ClN3O2. The first-order chi connectivity index (χ1) is 14.5. The predicted octanol–water partition coefficient (Wildman–Crippen LogP) is 5.05. The summed E-state index contributed by atoms with van der Waals surface area (Å²) in [5.41, 5.74) is 7.05. The molecule has 4 rings (SSSR count). The van der Waals surface area contributed by atoms with Crippen molar-refractivity contribution in [1.29, 1.82) is 0 Å². The van der Waals surface area contributed by atoms with Gasteiger partial charge in [0.05, 0.1) is 23.8 Å². The Kier molecular flexibility index (Phi) is 6.49. The van der Waals surface area contributed by atoms with E-state index in [9.17, 15) is 0 Å². The standard InChI is InChI=1S/C24H30ClN3O2/c1-4-29-22-13-18(12-20(25)24(22)30-16(2)3)23-19-15-28(11-10-21(19)26-27-23)14-17-8-6-5-7-9-17/h5-9,12-13,16,19,23,27H,4,10-11,14-15H2,1-3H3. The van der Waals surface area contributed by atoms with Crippen LogP contribution in [0.2, 0.25) is 5.02 Å². The third-order valence-electron chi connectivity index (χ3n) is 5.61. The van der Waals surface area contributed by atoms with E-state index in [4.69, 9.17) is 21.1 Å². The van der Waals surface area contributed by atoms with Gasteiger partial charge in [-0.25, -0.2) is 0 Å². The minimum atomic E-state index is 0.0250. The summed E-state index contributed by atoms with van der Waals surface area (Å²) in [6, 6.07) is 14.8. The monoisotopic (exact) mass is 427 g/mol. The molecule has 0 aliphatic carbocycles. The molecule has 2 unspecified atom stereocenters. The molecule has 2 aromatic rings. The van der Waals surface area contributed by atoms with Gasteiger partial charge < -0.3 is 14.9 Å². The number of halogens is 1. The number of likely N-dealkylation sites (tertiary alicyclic amines) is 1. The maximum absolute atomic E-state index is 6.62. The summed E-state index contributed by atoms with van der Waals surface area (Å²) in [5.74, 6) is 1.64. The smallest absolute Gasteiger partial charge is 0.180 e. The number of hydrogen-bond acceptors (Lipinski definition) is 5. The minimum Gasteiger partial charge on any atom is -0.490 e. The van der Waals surface area contributed by atoms with Crippen LogP contribution in [0.4, 0.5) is 0 Å². The molecule has 0 spiro atoms. The summed E-state index contributed by atoms with van der Waals surface area (Å²) in [6.07, 6.45) is 1.01. The van der Waals surface area contributed by atoms with Gasteiger partial charge in [0.2, 0.25) is 0 Å². The third kappa shape index (κ3) is 4.57. The predicted molar refractivity (Wildman–Crippen MR) is 122 cm³/mol. The zero-order chi connectivity index (χ0) is 21.1. The molecule has 0 aromatic heterocycles. The highest BCUT2D eigenvalue weighted by molar-refractivity contribution is 6.32. The van der Waals surface area contributed by atoms with Crippen LogP contribution >= 0.6 is 11.6 Å². The molecule has 2 aromatic carbocycles. The van der Waals surface area contributed by atoms with E-state index >= 15 is 0 Å². The van der Waals surface area contributed by atoms with E-state index in [1.807, 2.05) is 26.8 Å². The summed E-state index contributed by atoms with van der Waals surface area (Å²) >= 11 is 6.62. The van der Waals surface area contributed by atoms with E-state index in [0.717, 1.165) is 31.6 Å². The number of hydrogen-bond donors (Lipinski definition) is 1. The van der Waals surface area contributed by atoms with Crippen LogP contribution in [0.3, 0.4) is 0 Å². The Morgan fingerprint density at radius 1 is 1.23 bits per heavy atom. The van der Waals surface area contributed by atoms with Crippen molar-refractivity contribution in [2.45, 2.75) is 45.9 Å². The topological polar surface area (TPSA) is 46.1 Å². The number of fused-ring (bicyclic) bond motifs is 1. The van der Waals surface area contributed by atoms with E-state index in [1.165, 1.54) is 11.3 Å². The number of benzene rings is 2. The van der Waals surface area contributed by atoms with Crippen molar-refractivity contribution in [3.63, 3.8) is 0 Å².